The summed E-state index contributed by atoms with van der Waals surface area (Å²) < 4.78 is 19.6. The number of benzene rings is 2. The molecule has 7 nitrogen and oxygen atoms in total. The highest BCUT2D eigenvalue weighted by Crippen LogP contribution is 2.32. The van der Waals surface area contributed by atoms with Crippen molar-refractivity contribution in [1.29, 1.82) is 0 Å². The van der Waals surface area contributed by atoms with E-state index in [0.29, 0.717) is 29.5 Å². The van der Waals surface area contributed by atoms with Gasteiger partial charge in [-0.05, 0) is 62.1 Å². The number of aromatic amines is 1. The minimum atomic E-state index is -0.332. The predicted octanol–water partition coefficient (Wildman–Crippen LogP) is 5.18. The Morgan fingerprint density at radius 1 is 1.24 bits per heavy atom. The van der Waals surface area contributed by atoms with Crippen LogP contribution >= 0.6 is 0 Å². The van der Waals surface area contributed by atoms with Gasteiger partial charge in [0.25, 0.3) is 0 Å². The van der Waals surface area contributed by atoms with Crippen molar-refractivity contribution in [3.05, 3.63) is 79.4 Å². The molecule has 0 bridgehead atoms. The van der Waals surface area contributed by atoms with Crippen molar-refractivity contribution in [3.8, 4) is 16.9 Å². The Morgan fingerprint density at radius 3 is 2.85 bits per heavy atom. The van der Waals surface area contributed by atoms with Crippen molar-refractivity contribution in [3.63, 3.8) is 0 Å². The highest BCUT2D eigenvalue weighted by atomic mass is 19.1. The minimum Gasteiger partial charge on any atom is -0.490 e. The van der Waals surface area contributed by atoms with Gasteiger partial charge in [-0.2, -0.15) is 0 Å². The number of nitrogens with zero attached hydrogens (tertiary/aromatic N) is 2. The number of ether oxygens (including phenoxy) is 1. The predicted molar refractivity (Wildman–Crippen MR) is 134 cm³/mol. The lowest BCUT2D eigenvalue weighted by Crippen LogP contribution is -2.20. The number of anilines is 3. The molecule has 1 amide bonds. The molecule has 0 spiro atoms. The van der Waals surface area contributed by atoms with Crippen LogP contribution in [0, 0.1) is 5.82 Å². The first-order valence-corrected chi connectivity index (χ1v) is 10.8. The van der Waals surface area contributed by atoms with Crippen LogP contribution in [0.15, 0.2) is 73.6 Å². The number of nitrogens with one attached hydrogen (secondary N) is 3. The zero-order chi connectivity index (χ0) is 24.1. The number of pyridine rings is 1. The summed E-state index contributed by atoms with van der Waals surface area (Å²) in [5.74, 6) is 0.541. The number of likely N-dealkylation sites (N-methyl/N-ethyl adjacent to an activating group) is 1. The van der Waals surface area contributed by atoms with Crippen LogP contribution in [0.5, 0.6) is 5.75 Å². The van der Waals surface area contributed by atoms with Crippen LogP contribution in [0.2, 0.25) is 0 Å². The summed E-state index contributed by atoms with van der Waals surface area (Å²) in [5.41, 5.74) is 3.74. The lowest BCUT2D eigenvalue weighted by atomic mass is 10.1. The molecule has 0 saturated heterocycles. The zero-order valence-corrected chi connectivity index (χ0v) is 19.1. The highest BCUT2D eigenvalue weighted by Gasteiger charge is 2.11. The number of carbonyl (C=O) groups is 1. The molecule has 34 heavy (non-hydrogen) atoms. The molecule has 0 fully saturated rings. The van der Waals surface area contributed by atoms with E-state index in [-0.39, 0.29) is 11.7 Å². The van der Waals surface area contributed by atoms with E-state index in [9.17, 15) is 9.18 Å². The van der Waals surface area contributed by atoms with Crippen molar-refractivity contribution in [2.24, 2.45) is 0 Å². The third-order valence-electron chi connectivity index (χ3n) is 5.19. The second-order valence-corrected chi connectivity index (χ2v) is 8.01. The Kier molecular flexibility index (Phi) is 6.89. The number of hydrogen-bond acceptors (Lipinski definition) is 5. The first-order valence-electron chi connectivity index (χ1n) is 10.8. The molecular formula is C26H26FN5O2. The number of amides is 1. The van der Waals surface area contributed by atoms with Gasteiger partial charge in [0.1, 0.15) is 24.0 Å². The standard InChI is InChI=1S/C26H26FN5O2/c1-4-26(33)31-22-13-19(8-9-24(22)34-11-10-32(2)3)30-25-14-20-21(15-28-23(20)16-29-25)17-6-5-7-18(27)12-17/h4-9,12-16,28H,1,10-11H2,2-3H3,(H,29,30)(H,31,33). The maximum absolute atomic E-state index is 13.7. The molecule has 0 aliphatic rings. The van der Waals surface area contributed by atoms with Gasteiger partial charge in [0.15, 0.2) is 0 Å². The number of halogens is 1. The molecule has 8 heteroatoms. The van der Waals surface area contributed by atoms with Crippen LogP contribution in [0.3, 0.4) is 0 Å². The number of carbonyl (C=O) groups excluding carboxylic acids is 1. The van der Waals surface area contributed by atoms with Gasteiger partial charge in [-0.3, -0.25) is 4.79 Å². The summed E-state index contributed by atoms with van der Waals surface area (Å²) in [5, 5.41) is 6.97. The number of hydrogen-bond donors (Lipinski definition) is 3. The Balaban J connectivity index is 1.61. The molecule has 2 heterocycles. The van der Waals surface area contributed by atoms with E-state index in [1.807, 2.05) is 43.4 Å². The molecule has 2 aromatic carbocycles. The Labute approximate surface area is 197 Å². The van der Waals surface area contributed by atoms with E-state index in [4.69, 9.17) is 4.74 Å². The fourth-order valence-corrected chi connectivity index (χ4v) is 3.49. The third kappa shape index (κ3) is 5.41. The average Bonchev–Trinajstić information content (AvgIpc) is 3.23. The second kappa shape index (κ2) is 10.2. The first-order chi connectivity index (χ1) is 16.4. The maximum atomic E-state index is 13.7. The molecule has 0 aliphatic heterocycles. The third-order valence-corrected chi connectivity index (χ3v) is 5.19. The molecular weight excluding hydrogens is 433 g/mol. The largest absolute Gasteiger partial charge is 0.490 e. The quantitative estimate of drug-likeness (QED) is 0.301. The van der Waals surface area contributed by atoms with E-state index in [2.05, 4.69) is 27.2 Å². The van der Waals surface area contributed by atoms with Gasteiger partial charge in [0, 0.05) is 29.4 Å². The van der Waals surface area contributed by atoms with Crippen molar-refractivity contribution in [2.75, 3.05) is 37.9 Å². The summed E-state index contributed by atoms with van der Waals surface area (Å²) >= 11 is 0. The molecule has 4 aromatic rings. The Hall–Kier alpha value is -4.17. The van der Waals surface area contributed by atoms with E-state index in [1.54, 1.807) is 24.4 Å². The maximum Gasteiger partial charge on any atom is 0.247 e. The van der Waals surface area contributed by atoms with Crippen LogP contribution in [-0.4, -0.2) is 48.0 Å². The van der Waals surface area contributed by atoms with Gasteiger partial charge in [-0.15, -0.1) is 0 Å². The molecule has 2 aromatic heterocycles. The monoisotopic (exact) mass is 459 g/mol. The number of aromatic nitrogens is 2. The number of rotatable bonds is 9. The van der Waals surface area contributed by atoms with Gasteiger partial charge in [-0.25, -0.2) is 9.37 Å². The molecule has 4 rings (SSSR count). The van der Waals surface area contributed by atoms with Crippen molar-refractivity contribution >= 4 is 34.0 Å². The summed E-state index contributed by atoms with van der Waals surface area (Å²) in [6.07, 6.45) is 4.77. The fraction of sp³-hybridized carbons (Fsp3) is 0.154. The molecule has 0 saturated carbocycles. The van der Waals surface area contributed by atoms with Gasteiger partial charge in [-0.1, -0.05) is 18.7 Å². The number of fused-ring (bicyclic) bond motifs is 1. The first kappa shape index (κ1) is 23.0. The van der Waals surface area contributed by atoms with Crippen LogP contribution in [0.4, 0.5) is 21.6 Å². The lowest BCUT2D eigenvalue weighted by molar-refractivity contribution is -0.111. The smallest absolute Gasteiger partial charge is 0.247 e. The molecule has 174 valence electrons. The number of H-pyrrole nitrogens is 1. The van der Waals surface area contributed by atoms with Crippen LogP contribution in [-0.2, 0) is 4.79 Å². The molecule has 0 radical (unpaired) electrons. The second-order valence-electron chi connectivity index (χ2n) is 8.01. The normalized spacial score (nSPS) is 10.9. The fourth-order valence-electron chi connectivity index (χ4n) is 3.49. The van der Waals surface area contributed by atoms with Crippen LogP contribution in [0.1, 0.15) is 0 Å². The molecule has 0 aliphatic carbocycles. The van der Waals surface area contributed by atoms with Crippen LogP contribution in [0.25, 0.3) is 22.0 Å². The van der Waals surface area contributed by atoms with Crippen molar-refractivity contribution in [1.82, 2.24) is 14.9 Å². The summed E-state index contributed by atoms with van der Waals surface area (Å²) in [6.45, 7) is 4.73. The lowest BCUT2D eigenvalue weighted by Gasteiger charge is -2.16. The summed E-state index contributed by atoms with van der Waals surface area (Å²) in [4.78, 5) is 21.6. The van der Waals surface area contributed by atoms with Gasteiger partial charge < -0.3 is 25.3 Å². The minimum absolute atomic E-state index is 0.291. The van der Waals surface area contributed by atoms with E-state index >= 15 is 0 Å². The highest BCUT2D eigenvalue weighted by molar-refractivity contribution is 6.00. The summed E-state index contributed by atoms with van der Waals surface area (Å²) in [6, 6.07) is 13.8. The summed E-state index contributed by atoms with van der Waals surface area (Å²) in [7, 11) is 3.93. The van der Waals surface area contributed by atoms with Gasteiger partial charge in [0.2, 0.25) is 5.91 Å². The zero-order valence-electron chi connectivity index (χ0n) is 19.1. The van der Waals surface area contributed by atoms with Gasteiger partial charge >= 0.3 is 0 Å². The van der Waals surface area contributed by atoms with E-state index in [1.165, 1.54) is 18.2 Å². The Morgan fingerprint density at radius 2 is 2.09 bits per heavy atom. The molecule has 0 atom stereocenters. The SMILES string of the molecule is C=CC(=O)Nc1cc(Nc2cc3c(-c4cccc(F)c4)c[nH]c3cn2)ccc1OCCN(C)C. The van der Waals surface area contributed by atoms with Crippen LogP contribution < -0.4 is 15.4 Å². The van der Waals surface area contributed by atoms with E-state index in [0.717, 1.165) is 28.6 Å². The van der Waals surface area contributed by atoms with E-state index < -0.39 is 0 Å². The molecule has 0 unspecified atom stereocenters. The van der Waals surface area contributed by atoms with Crippen molar-refractivity contribution in [2.45, 2.75) is 0 Å². The topological polar surface area (TPSA) is 82.3 Å². The Bertz CT molecular complexity index is 1330. The van der Waals surface area contributed by atoms with Gasteiger partial charge in [0.05, 0.1) is 17.4 Å². The molecule has 3 N–H and O–H groups in total. The van der Waals surface area contributed by atoms with Crippen molar-refractivity contribution < 1.29 is 13.9 Å². The average molecular weight is 460 g/mol.